The van der Waals surface area contributed by atoms with Crippen molar-refractivity contribution in [2.24, 2.45) is 12.5 Å². The largest absolute Gasteiger partial charge is 0.342 e. The maximum absolute atomic E-state index is 12.6. The van der Waals surface area contributed by atoms with E-state index in [0.29, 0.717) is 17.7 Å². The molecule has 3 heterocycles. The third kappa shape index (κ3) is 3.43. The number of likely N-dealkylation sites (tertiary alicyclic amines) is 1. The zero-order valence-electron chi connectivity index (χ0n) is 17.6. The van der Waals surface area contributed by atoms with Crippen LogP contribution in [0.5, 0.6) is 0 Å². The molecular formula is C22H29N5O2. The van der Waals surface area contributed by atoms with Gasteiger partial charge in [0.05, 0.1) is 5.69 Å². The topological polar surface area (TPSA) is 71.3 Å². The highest BCUT2D eigenvalue weighted by Gasteiger charge is 2.49. The highest BCUT2D eigenvalue weighted by atomic mass is 16.2. The summed E-state index contributed by atoms with van der Waals surface area (Å²) in [5.74, 6) is 0.859. The Morgan fingerprint density at radius 2 is 2.00 bits per heavy atom. The molecule has 1 aliphatic heterocycles. The average Bonchev–Trinajstić information content (AvgIpc) is 3.06. The van der Waals surface area contributed by atoms with Gasteiger partial charge in [0, 0.05) is 63.7 Å². The standard InChI is InChI=1S/C22H29N5O2/c1-15(28)27-12-9-22(2)14-17(5-6-19(22)27)25(3)21-24-18(13-20(29)26(21)4)16-7-10-23-11-8-16/h7-8,10-11,13,17,19H,5-6,9,12,14H2,1-4H3/t17-,19+,22-/m0/s1. The summed E-state index contributed by atoms with van der Waals surface area (Å²) >= 11 is 0. The van der Waals surface area contributed by atoms with Crippen LogP contribution >= 0.6 is 0 Å². The zero-order chi connectivity index (χ0) is 20.8. The lowest BCUT2D eigenvalue weighted by Crippen LogP contribution is -2.50. The molecule has 1 aliphatic carbocycles. The number of hydrogen-bond donors (Lipinski definition) is 0. The molecule has 1 amide bonds. The van der Waals surface area contributed by atoms with Crippen molar-refractivity contribution in [3.8, 4) is 11.3 Å². The van der Waals surface area contributed by atoms with Crippen LogP contribution in [0.1, 0.15) is 39.5 Å². The second-order valence-electron chi connectivity index (χ2n) is 8.75. The van der Waals surface area contributed by atoms with E-state index in [2.05, 4.69) is 16.8 Å². The first kappa shape index (κ1) is 19.6. The molecule has 2 aliphatic rings. The van der Waals surface area contributed by atoms with Crippen LogP contribution < -0.4 is 10.5 Å². The molecular weight excluding hydrogens is 366 g/mol. The van der Waals surface area contributed by atoms with Gasteiger partial charge in [-0.3, -0.25) is 19.1 Å². The minimum absolute atomic E-state index is 0.0721. The summed E-state index contributed by atoms with van der Waals surface area (Å²) in [7, 11) is 3.81. The molecule has 154 valence electrons. The molecule has 0 unspecified atom stereocenters. The van der Waals surface area contributed by atoms with Gasteiger partial charge >= 0.3 is 0 Å². The molecule has 2 aromatic rings. The van der Waals surface area contributed by atoms with E-state index in [1.807, 2.05) is 24.1 Å². The fraction of sp³-hybridized carbons (Fsp3) is 0.545. The van der Waals surface area contributed by atoms with Crippen LogP contribution in [-0.2, 0) is 11.8 Å². The molecule has 7 heteroatoms. The van der Waals surface area contributed by atoms with Gasteiger partial charge in [-0.05, 0) is 43.2 Å². The molecule has 1 saturated carbocycles. The minimum Gasteiger partial charge on any atom is -0.342 e. The predicted molar refractivity (Wildman–Crippen MR) is 113 cm³/mol. The smallest absolute Gasteiger partial charge is 0.255 e. The van der Waals surface area contributed by atoms with Crippen molar-refractivity contribution in [1.82, 2.24) is 19.4 Å². The highest BCUT2D eigenvalue weighted by molar-refractivity contribution is 5.74. The first-order valence-electron chi connectivity index (χ1n) is 10.3. The summed E-state index contributed by atoms with van der Waals surface area (Å²) in [6.07, 6.45) is 7.42. The molecule has 0 N–H and O–H groups in total. The fourth-order valence-corrected chi connectivity index (χ4v) is 5.19. The van der Waals surface area contributed by atoms with Gasteiger partial charge in [-0.1, -0.05) is 6.92 Å². The Kier molecular flexibility index (Phi) is 4.92. The Bertz CT molecular complexity index is 973. The number of rotatable bonds is 3. The van der Waals surface area contributed by atoms with E-state index < -0.39 is 0 Å². The molecule has 7 nitrogen and oxygen atoms in total. The molecule has 0 spiro atoms. The Hall–Kier alpha value is -2.70. The van der Waals surface area contributed by atoms with Gasteiger partial charge in [0.2, 0.25) is 11.9 Å². The second kappa shape index (κ2) is 7.28. The van der Waals surface area contributed by atoms with Gasteiger partial charge in [-0.2, -0.15) is 0 Å². The van der Waals surface area contributed by atoms with Crippen molar-refractivity contribution in [2.75, 3.05) is 18.5 Å². The van der Waals surface area contributed by atoms with Crippen molar-refractivity contribution < 1.29 is 4.79 Å². The van der Waals surface area contributed by atoms with Gasteiger partial charge in [-0.15, -0.1) is 0 Å². The number of aromatic nitrogens is 3. The van der Waals surface area contributed by atoms with Gasteiger partial charge in [0.25, 0.3) is 5.56 Å². The number of carbonyl (C=O) groups is 1. The highest BCUT2D eigenvalue weighted by Crippen LogP contribution is 2.47. The third-order valence-corrected chi connectivity index (χ3v) is 6.93. The monoisotopic (exact) mass is 395 g/mol. The molecule has 3 atom stereocenters. The van der Waals surface area contributed by atoms with Crippen molar-refractivity contribution in [3.05, 3.63) is 40.9 Å². The summed E-state index contributed by atoms with van der Waals surface area (Å²) < 4.78 is 1.62. The van der Waals surface area contributed by atoms with Gasteiger partial charge in [0.1, 0.15) is 0 Å². The summed E-state index contributed by atoms with van der Waals surface area (Å²) in [5.41, 5.74) is 1.60. The summed E-state index contributed by atoms with van der Waals surface area (Å²) in [5, 5.41) is 0. The Morgan fingerprint density at radius 1 is 1.28 bits per heavy atom. The van der Waals surface area contributed by atoms with E-state index in [-0.39, 0.29) is 22.9 Å². The normalized spacial score (nSPS) is 26.3. The molecule has 0 radical (unpaired) electrons. The number of nitrogens with zero attached hydrogens (tertiary/aromatic N) is 5. The van der Waals surface area contributed by atoms with Crippen LogP contribution in [-0.4, -0.2) is 51.0 Å². The van der Waals surface area contributed by atoms with E-state index in [4.69, 9.17) is 4.98 Å². The Balaban J connectivity index is 1.62. The molecule has 29 heavy (non-hydrogen) atoms. The fourth-order valence-electron chi connectivity index (χ4n) is 5.19. The van der Waals surface area contributed by atoms with Crippen molar-refractivity contribution >= 4 is 11.9 Å². The Morgan fingerprint density at radius 3 is 2.69 bits per heavy atom. The molecule has 2 fully saturated rings. The van der Waals surface area contributed by atoms with Crippen LogP contribution in [0.25, 0.3) is 11.3 Å². The molecule has 0 aromatic carbocycles. The maximum atomic E-state index is 12.6. The van der Waals surface area contributed by atoms with Gasteiger partial charge < -0.3 is 9.80 Å². The van der Waals surface area contributed by atoms with Crippen molar-refractivity contribution in [2.45, 2.75) is 51.6 Å². The average molecular weight is 396 g/mol. The van der Waals surface area contributed by atoms with Crippen LogP contribution in [0.3, 0.4) is 0 Å². The van der Waals surface area contributed by atoms with Crippen molar-refractivity contribution in [3.63, 3.8) is 0 Å². The van der Waals surface area contributed by atoms with Crippen LogP contribution in [0, 0.1) is 5.41 Å². The van der Waals surface area contributed by atoms with Gasteiger partial charge in [0.15, 0.2) is 0 Å². The van der Waals surface area contributed by atoms with Crippen LogP contribution in [0.15, 0.2) is 35.4 Å². The summed E-state index contributed by atoms with van der Waals surface area (Å²) in [4.78, 5) is 37.7. The predicted octanol–water partition coefficient (Wildman–Crippen LogP) is 2.46. The number of fused-ring (bicyclic) bond motifs is 1. The molecule has 1 saturated heterocycles. The van der Waals surface area contributed by atoms with E-state index in [1.165, 1.54) is 0 Å². The summed E-state index contributed by atoms with van der Waals surface area (Å²) in [6.45, 7) is 4.83. The quantitative estimate of drug-likeness (QED) is 0.798. The molecule has 0 bridgehead atoms. The lowest BCUT2D eigenvalue weighted by atomic mass is 9.70. The SMILES string of the molecule is CC(=O)N1CC[C@@]2(C)C[C@@H](N(C)c3nc(-c4ccncc4)cc(=O)n3C)CC[C@@H]12. The number of anilines is 1. The first-order valence-corrected chi connectivity index (χ1v) is 10.3. The molecule has 4 rings (SSSR count). The first-order chi connectivity index (χ1) is 13.8. The number of pyridine rings is 1. The number of hydrogen-bond acceptors (Lipinski definition) is 5. The zero-order valence-corrected chi connectivity index (χ0v) is 17.6. The third-order valence-electron chi connectivity index (χ3n) is 6.93. The van der Waals surface area contributed by atoms with Gasteiger partial charge in [-0.25, -0.2) is 4.98 Å². The lowest BCUT2D eigenvalue weighted by molar-refractivity contribution is -0.131. The van der Waals surface area contributed by atoms with E-state index in [0.717, 1.165) is 37.8 Å². The van der Waals surface area contributed by atoms with Crippen molar-refractivity contribution in [1.29, 1.82) is 0 Å². The summed E-state index contributed by atoms with van der Waals surface area (Å²) in [6, 6.07) is 5.92. The number of amides is 1. The number of carbonyl (C=O) groups excluding carboxylic acids is 1. The van der Waals surface area contributed by atoms with E-state index in [9.17, 15) is 9.59 Å². The van der Waals surface area contributed by atoms with E-state index >= 15 is 0 Å². The second-order valence-corrected chi connectivity index (χ2v) is 8.75. The van der Waals surface area contributed by atoms with E-state index in [1.54, 1.807) is 37.0 Å². The minimum atomic E-state index is -0.0721. The van der Waals surface area contributed by atoms with Crippen LogP contribution in [0.4, 0.5) is 5.95 Å². The molecule has 2 aromatic heterocycles. The lowest BCUT2D eigenvalue weighted by Gasteiger charge is -2.45. The van der Waals surface area contributed by atoms with Crippen LogP contribution in [0.2, 0.25) is 0 Å². The maximum Gasteiger partial charge on any atom is 0.255 e. The Labute approximate surface area is 171 Å².